The zero-order valence-corrected chi connectivity index (χ0v) is 32.5. The Morgan fingerprint density at radius 2 is 1.12 bits per heavy atom. The predicted molar refractivity (Wildman–Crippen MR) is 203 cm³/mol. The molecule has 296 valence electrons. The van der Waals surface area contributed by atoms with E-state index in [2.05, 4.69) is 55.6 Å². The van der Waals surface area contributed by atoms with E-state index < -0.39 is 57.6 Å². The van der Waals surface area contributed by atoms with Crippen LogP contribution in [0.5, 0.6) is 0 Å². The maximum absolute atomic E-state index is 12.2. The standard InChI is InChI=1S/C39H70NO10P/c1-3-5-7-9-11-13-15-17-19-21-23-25-27-29-31-38(43)48-32-35(41)33-49-51(46,47)50-34-36(39(44)45)40-37(42)30-28-26-24-22-20-18-16-14-12-10-8-6-4-2/h8,10,14-17,35-36,41H,3-7,9,11-13,18-34H2,1-2H3,(H,40,42)(H,44,45)(H,46,47)/b10-8-,16-14-,17-15-. The van der Waals surface area contributed by atoms with Crippen LogP contribution in [0.1, 0.15) is 162 Å². The number of ether oxygens (including phenoxy) is 1. The van der Waals surface area contributed by atoms with Gasteiger partial charge in [-0.1, -0.05) is 121 Å². The number of carbonyl (C=O) groups is 3. The number of carboxylic acids is 1. The van der Waals surface area contributed by atoms with Crippen molar-refractivity contribution in [2.45, 2.75) is 174 Å². The minimum atomic E-state index is -4.75. The van der Waals surface area contributed by atoms with Crippen molar-refractivity contribution in [1.82, 2.24) is 5.32 Å². The van der Waals surface area contributed by atoms with Crippen LogP contribution in [0.3, 0.4) is 0 Å². The van der Waals surface area contributed by atoms with E-state index in [1.165, 1.54) is 32.1 Å². The first-order chi connectivity index (χ1) is 24.6. The molecule has 0 fully saturated rings. The van der Waals surface area contributed by atoms with Crippen LogP contribution in [-0.4, -0.2) is 64.9 Å². The van der Waals surface area contributed by atoms with Gasteiger partial charge in [-0.25, -0.2) is 9.36 Å². The van der Waals surface area contributed by atoms with Crippen LogP contribution in [0, 0.1) is 0 Å². The SMILES string of the molecule is CCC/C=C\C/C=C\CCCCCCCC(=O)NC(COP(=O)(O)OCC(O)COC(=O)CCCCCCC/C=C\CCCCCCC)C(=O)O. The van der Waals surface area contributed by atoms with Gasteiger partial charge in [-0.2, -0.15) is 0 Å². The summed E-state index contributed by atoms with van der Waals surface area (Å²) in [6.45, 7) is 2.47. The fourth-order valence-electron chi connectivity index (χ4n) is 5.05. The number of rotatable bonds is 36. The molecule has 0 aromatic heterocycles. The first-order valence-electron chi connectivity index (χ1n) is 19.5. The lowest BCUT2D eigenvalue weighted by atomic mass is 10.1. The van der Waals surface area contributed by atoms with E-state index >= 15 is 0 Å². The molecule has 0 saturated heterocycles. The van der Waals surface area contributed by atoms with Crippen LogP contribution in [0.15, 0.2) is 36.5 Å². The number of aliphatic hydroxyl groups is 1. The molecule has 0 spiro atoms. The van der Waals surface area contributed by atoms with Crippen molar-refractivity contribution in [2.75, 3.05) is 19.8 Å². The summed E-state index contributed by atoms with van der Waals surface area (Å²) in [6.07, 6.45) is 34.6. The van der Waals surface area contributed by atoms with Crippen molar-refractivity contribution in [2.24, 2.45) is 0 Å². The number of phosphoric ester groups is 1. The highest BCUT2D eigenvalue weighted by atomic mass is 31.2. The molecule has 4 N–H and O–H groups in total. The monoisotopic (exact) mass is 743 g/mol. The Hall–Kier alpha value is -2.30. The van der Waals surface area contributed by atoms with Gasteiger partial charge in [-0.05, 0) is 64.2 Å². The smallest absolute Gasteiger partial charge is 0.472 e. The Bertz CT molecular complexity index is 1020. The van der Waals surface area contributed by atoms with E-state index in [9.17, 15) is 34.1 Å². The molecule has 51 heavy (non-hydrogen) atoms. The molecular formula is C39H70NO10P. The lowest BCUT2D eigenvalue weighted by molar-refractivity contribution is -0.147. The first kappa shape index (κ1) is 48.7. The van der Waals surface area contributed by atoms with Crippen LogP contribution in [0.25, 0.3) is 0 Å². The molecule has 0 aromatic rings. The third kappa shape index (κ3) is 34.5. The molecule has 0 rings (SSSR count). The number of esters is 1. The lowest BCUT2D eigenvalue weighted by Gasteiger charge is -2.18. The molecule has 0 aliphatic heterocycles. The van der Waals surface area contributed by atoms with Crippen molar-refractivity contribution in [1.29, 1.82) is 0 Å². The molecule has 3 unspecified atom stereocenters. The normalized spacial score (nSPS) is 14.3. The first-order valence-corrected chi connectivity index (χ1v) is 21.0. The Morgan fingerprint density at radius 1 is 0.627 bits per heavy atom. The summed E-state index contributed by atoms with van der Waals surface area (Å²) in [5, 5.41) is 21.7. The van der Waals surface area contributed by atoms with E-state index in [-0.39, 0.29) is 12.8 Å². The third-order valence-electron chi connectivity index (χ3n) is 8.13. The van der Waals surface area contributed by atoms with Gasteiger partial charge in [0.25, 0.3) is 0 Å². The van der Waals surface area contributed by atoms with Gasteiger partial charge >= 0.3 is 19.8 Å². The van der Waals surface area contributed by atoms with E-state index in [4.69, 9.17) is 13.8 Å². The highest BCUT2D eigenvalue weighted by molar-refractivity contribution is 7.47. The van der Waals surface area contributed by atoms with Crippen molar-refractivity contribution >= 4 is 25.7 Å². The zero-order valence-electron chi connectivity index (χ0n) is 31.7. The minimum Gasteiger partial charge on any atom is -0.480 e. The van der Waals surface area contributed by atoms with Gasteiger partial charge in [0.2, 0.25) is 5.91 Å². The van der Waals surface area contributed by atoms with Crippen LogP contribution in [-0.2, 0) is 32.7 Å². The number of phosphoric acid groups is 1. The molecule has 1 amide bonds. The number of carboxylic acid groups (broad SMARTS) is 1. The number of aliphatic hydroxyl groups excluding tert-OH is 1. The van der Waals surface area contributed by atoms with Crippen LogP contribution in [0.4, 0.5) is 0 Å². The Balaban J connectivity index is 3.99. The fraction of sp³-hybridized carbons (Fsp3) is 0.769. The van der Waals surface area contributed by atoms with Crippen LogP contribution in [0.2, 0.25) is 0 Å². The molecule has 0 saturated carbocycles. The molecule has 0 aliphatic carbocycles. The molecule has 11 nitrogen and oxygen atoms in total. The van der Waals surface area contributed by atoms with E-state index in [0.29, 0.717) is 12.8 Å². The molecule has 12 heteroatoms. The number of hydrogen-bond acceptors (Lipinski definition) is 8. The van der Waals surface area contributed by atoms with Crippen LogP contribution < -0.4 is 5.32 Å². The number of nitrogens with one attached hydrogen (secondary N) is 1. The van der Waals surface area contributed by atoms with Gasteiger partial charge in [-0.3, -0.25) is 18.6 Å². The maximum atomic E-state index is 12.2. The summed E-state index contributed by atoms with van der Waals surface area (Å²) >= 11 is 0. The third-order valence-corrected chi connectivity index (χ3v) is 9.08. The van der Waals surface area contributed by atoms with Gasteiger partial charge in [0, 0.05) is 12.8 Å². The van der Waals surface area contributed by atoms with Crippen molar-refractivity contribution in [3.05, 3.63) is 36.5 Å². The van der Waals surface area contributed by atoms with Gasteiger partial charge in [-0.15, -0.1) is 0 Å². The molecule has 0 bridgehead atoms. The molecule has 0 radical (unpaired) electrons. The minimum absolute atomic E-state index is 0.128. The Morgan fingerprint density at radius 3 is 1.69 bits per heavy atom. The number of hydrogen-bond donors (Lipinski definition) is 4. The fourth-order valence-corrected chi connectivity index (χ4v) is 5.82. The average molecular weight is 744 g/mol. The van der Waals surface area contributed by atoms with Gasteiger partial charge in [0.05, 0.1) is 13.2 Å². The number of amides is 1. The van der Waals surface area contributed by atoms with Crippen molar-refractivity contribution < 1.29 is 47.8 Å². The van der Waals surface area contributed by atoms with Crippen molar-refractivity contribution in [3.8, 4) is 0 Å². The maximum Gasteiger partial charge on any atom is 0.472 e. The topological polar surface area (TPSA) is 169 Å². The summed E-state index contributed by atoms with van der Waals surface area (Å²) < 4.78 is 26.7. The highest BCUT2D eigenvalue weighted by Crippen LogP contribution is 2.43. The van der Waals surface area contributed by atoms with E-state index in [1.54, 1.807) is 0 Å². The summed E-state index contributed by atoms with van der Waals surface area (Å²) in [5.41, 5.74) is 0. The summed E-state index contributed by atoms with van der Waals surface area (Å²) in [6, 6.07) is -1.55. The molecule has 3 atom stereocenters. The molecule has 0 heterocycles. The Kier molecular flexibility index (Phi) is 33.2. The second kappa shape index (κ2) is 34.8. The average Bonchev–Trinajstić information content (AvgIpc) is 3.10. The lowest BCUT2D eigenvalue weighted by Crippen LogP contribution is -2.43. The van der Waals surface area contributed by atoms with E-state index in [0.717, 1.165) is 89.9 Å². The van der Waals surface area contributed by atoms with Gasteiger partial charge in [0.15, 0.2) is 6.04 Å². The molecule has 0 aromatic carbocycles. The van der Waals surface area contributed by atoms with E-state index in [1.807, 2.05) is 0 Å². The van der Waals surface area contributed by atoms with Gasteiger partial charge in [0.1, 0.15) is 12.7 Å². The number of unbranched alkanes of at least 4 members (excludes halogenated alkanes) is 16. The zero-order chi connectivity index (χ0) is 37.8. The largest absolute Gasteiger partial charge is 0.480 e. The van der Waals surface area contributed by atoms with Crippen LogP contribution >= 0.6 is 7.82 Å². The number of aliphatic carboxylic acids is 1. The quantitative estimate of drug-likeness (QED) is 0.0210. The van der Waals surface area contributed by atoms with Gasteiger partial charge < -0.3 is 25.2 Å². The molecular weight excluding hydrogens is 673 g/mol. The second-order valence-electron chi connectivity index (χ2n) is 13.1. The molecule has 0 aliphatic rings. The second-order valence-corrected chi connectivity index (χ2v) is 14.6. The number of allylic oxidation sites excluding steroid dienone is 6. The summed E-state index contributed by atoms with van der Waals surface area (Å²) in [7, 11) is -4.75. The summed E-state index contributed by atoms with van der Waals surface area (Å²) in [5.74, 6) is -2.41. The number of carbonyl (C=O) groups excluding carboxylic acids is 2. The van der Waals surface area contributed by atoms with Crippen molar-refractivity contribution in [3.63, 3.8) is 0 Å². The predicted octanol–water partition coefficient (Wildman–Crippen LogP) is 9.27. The highest BCUT2D eigenvalue weighted by Gasteiger charge is 2.28. The Labute approximate surface area is 308 Å². The summed E-state index contributed by atoms with van der Waals surface area (Å²) in [4.78, 5) is 45.7.